The van der Waals surface area contributed by atoms with Gasteiger partial charge < -0.3 is 10.4 Å². The van der Waals surface area contributed by atoms with Gasteiger partial charge in [0.25, 0.3) is 0 Å². The number of hydrogen-bond acceptors (Lipinski definition) is 2. The van der Waals surface area contributed by atoms with Crippen molar-refractivity contribution in [3.05, 3.63) is 0 Å². The van der Waals surface area contributed by atoms with Gasteiger partial charge in [0.15, 0.2) is 0 Å². The van der Waals surface area contributed by atoms with E-state index in [1.165, 1.54) is 0 Å². The van der Waals surface area contributed by atoms with Crippen molar-refractivity contribution >= 4 is 11.9 Å². The highest BCUT2D eigenvalue weighted by Crippen LogP contribution is 2.41. The Hall–Kier alpha value is -1.06. The first-order valence-electron chi connectivity index (χ1n) is 6.47. The fraction of sp³-hybridized carbons (Fsp3) is 0.846. The predicted molar refractivity (Wildman–Crippen MR) is 65.6 cm³/mol. The topological polar surface area (TPSA) is 66.4 Å². The molecule has 1 rings (SSSR count). The summed E-state index contributed by atoms with van der Waals surface area (Å²) in [7, 11) is 0. The maximum absolute atomic E-state index is 12.2. The maximum Gasteiger partial charge on any atom is 0.326 e. The molecule has 0 heterocycles. The van der Waals surface area contributed by atoms with Gasteiger partial charge in [-0.2, -0.15) is 0 Å². The molecule has 1 aliphatic carbocycles. The molecule has 1 saturated carbocycles. The maximum atomic E-state index is 12.2. The Labute approximate surface area is 103 Å². The summed E-state index contributed by atoms with van der Waals surface area (Å²) >= 11 is 0. The zero-order valence-electron chi connectivity index (χ0n) is 11.0. The van der Waals surface area contributed by atoms with E-state index < -0.39 is 12.0 Å². The van der Waals surface area contributed by atoms with Crippen LogP contribution in [0.3, 0.4) is 0 Å². The van der Waals surface area contributed by atoms with Crippen molar-refractivity contribution in [1.82, 2.24) is 5.32 Å². The SMILES string of the molecule is CCC1(C(=O)N[C@H](C(=O)O)C(C)C)CCCC1. The summed E-state index contributed by atoms with van der Waals surface area (Å²) in [5.74, 6) is -1.11. The third kappa shape index (κ3) is 2.99. The lowest BCUT2D eigenvalue weighted by Gasteiger charge is -2.29. The number of carbonyl (C=O) groups excluding carboxylic acids is 1. The Morgan fingerprint density at radius 3 is 2.18 bits per heavy atom. The average Bonchev–Trinajstić information content (AvgIpc) is 2.74. The van der Waals surface area contributed by atoms with Crippen LogP contribution in [0.4, 0.5) is 0 Å². The number of rotatable bonds is 5. The van der Waals surface area contributed by atoms with Crippen molar-refractivity contribution in [1.29, 1.82) is 0 Å². The number of nitrogens with one attached hydrogen (secondary N) is 1. The first-order chi connectivity index (χ1) is 7.93. The summed E-state index contributed by atoms with van der Waals surface area (Å²) < 4.78 is 0. The second kappa shape index (κ2) is 5.52. The molecule has 4 nitrogen and oxygen atoms in total. The van der Waals surface area contributed by atoms with Crippen molar-refractivity contribution in [3.63, 3.8) is 0 Å². The third-order valence-electron chi connectivity index (χ3n) is 3.94. The lowest BCUT2D eigenvalue weighted by Crippen LogP contribution is -2.49. The summed E-state index contributed by atoms with van der Waals surface area (Å²) in [5, 5.41) is 11.8. The van der Waals surface area contributed by atoms with E-state index in [2.05, 4.69) is 5.32 Å². The molecule has 1 fully saturated rings. The lowest BCUT2D eigenvalue weighted by molar-refractivity contribution is -0.145. The summed E-state index contributed by atoms with van der Waals surface area (Å²) in [6, 6.07) is -0.772. The van der Waals surface area contributed by atoms with Crippen molar-refractivity contribution < 1.29 is 14.7 Å². The van der Waals surface area contributed by atoms with E-state index in [9.17, 15) is 9.59 Å². The first kappa shape index (κ1) is 14.0. The Kier molecular flexibility index (Phi) is 4.54. The van der Waals surface area contributed by atoms with E-state index >= 15 is 0 Å². The molecule has 0 aromatic rings. The Balaban J connectivity index is 2.72. The second-order valence-corrected chi connectivity index (χ2v) is 5.37. The molecule has 1 aliphatic rings. The molecule has 0 saturated heterocycles. The molecule has 0 spiro atoms. The molecule has 0 bridgehead atoms. The smallest absolute Gasteiger partial charge is 0.326 e. The van der Waals surface area contributed by atoms with Crippen LogP contribution in [0.5, 0.6) is 0 Å². The van der Waals surface area contributed by atoms with Crippen molar-refractivity contribution in [2.24, 2.45) is 11.3 Å². The van der Waals surface area contributed by atoms with Crippen LogP contribution in [-0.2, 0) is 9.59 Å². The van der Waals surface area contributed by atoms with E-state index in [4.69, 9.17) is 5.11 Å². The number of carboxylic acid groups (broad SMARTS) is 1. The minimum Gasteiger partial charge on any atom is -0.480 e. The summed E-state index contributed by atoms with van der Waals surface area (Å²) in [6.45, 7) is 5.63. The van der Waals surface area contributed by atoms with Crippen LogP contribution in [0.25, 0.3) is 0 Å². The minimum absolute atomic E-state index is 0.0707. The van der Waals surface area contributed by atoms with Gasteiger partial charge in [0.05, 0.1) is 0 Å². The van der Waals surface area contributed by atoms with Crippen LogP contribution in [0, 0.1) is 11.3 Å². The van der Waals surface area contributed by atoms with Crippen molar-refractivity contribution in [2.75, 3.05) is 0 Å². The van der Waals surface area contributed by atoms with E-state index in [0.717, 1.165) is 32.1 Å². The summed E-state index contributed by atoms with van der Waals surface area (Å²) in [6.07, 6.45) is 4.71. The van der Waals surface area contributed by atoms with Gasteiger partial charge in [-0.3, -0.25) is 4.79 Å². The third-order valence-corrected chi connectivity index (χ3v) is 3.94. The average molecular weight is 241 g/mol. The molecule has 17 heavy (non-hydrogen) atoms. The lowest BCUT2D eigenvalue weighted by atomic mass is 9.82. The van der Waals surface area contributed by atoms with Gasteiger partial charge in [0, 0.05) is 5.41 Å². The number of carbonyl (C=O) groups is 2. The van der Waals surface area contributed by atoms with E-state index in [1.54, 1.807) is 0 Å². The Morgan fingerprint density at radius 1 is 1.29 bits per heavy atom. The molecule has 2 N–H and O–H groups in total. The van der Waals surface area contributed by atoms with Gasteiger partial charge in [-0.15, -0.1) is 0 Å². The van der Waals surface area contributed by atoms with E-state index in [1.807, 2.05) is 20.8 Å². The van der Waals surface area contributed by atoms with Crippen LogP contribution in [0.1, 0.15) is 52.9 Å². The van der Waals surface area contributed by atoms with E-state index in [0.29, 0.717) is 0 Å². The number of amides is 1. The monoisotopic (exact) mass is 241 g/mol. The minimum atomic E-state index is -0.947. The normalized spacial score (nSPS) is 20.2. The molecule has 0 radical (unpaired) electrons. The van der Waals surface area contributed by atoms with Gasteiger partial charge in [-0.05, 0) is 25.2 Å². The first-order valence-corrected chi connectivity index (χ1v) is 6.47. The molecule has 4 heteroatoms. The zero-order chi connectivity index (χ0) is 13.1. The summed E-state index contributed by atoms with van der Waals surface area (Å²) in [5.41, 5.74) is -0.317. The number of carboxylic acids is 1. The van der Waals surface area contributed by atoms with Crippen LogP contribution < -0.4 is 5.32 Å². The molecule has 0 unspecified atom stereocenters. The molecule has 0 aromatic heterocycles. The Bertz CT molecular complexity index is 293. The van der Waals surface area contributed by atoms with Gasteiger partial charge in [0.2, 0.25) is 5.91 Å². The van der Waals surface area contributed by atoms with Gasteiger partial charge in [-0.25, -0.2) is 4.79 Å². The van der Waals surface area contributed by atoms with Gasteiger partial charge in [-0.1, -0.05) is 33.6 Å². The highest BCUT2D eigenvalue weighted by atomic mass is 16.4. The molecule has 0 aromatic carbocycles. The second-order valence-electron chi connectivity index (χ2n) is 5.37. The van der Waals surface area contributed by atoms with Crippen molar-refractivity contribution in [2.45, 2.75) is 58.9 Å². The van der Waals surface area contributed by atoms with Crippen LogP contribution >= 0.6 is 0 Å². The fourth-order valence-electron chi connectivity index (χ4n) is 2.60. The largest absolute Gasteiger partial charge is 0.480 e. The zero-order valence-corrected chi connectivity index (χ0v) is 11.0. The predicted octanol–water partition coefficient (Wildman–Crippen LogP) is 2.18. The molecule has 1 atom stereocenters. The standard InChI is InChI=1S/C13H23NO3/c1-4-13(7-5-6-8-13)12(17)14-10(9(2)3)11(15)16/h9-10H,4-8H2,1-3H3,(H,14,17)(H,15,16)/t10-/m0/s1. The highest BCUT2D eigenvalue weighted by molar-refractivity contribution is 5.87. The van der Waals surface area contributed by atoms with E-state index in [-0.39, 0.29) is 17.2 Å². The molecule has 0 aliphatic heterocycles. The van der Waals surface area contributed by atoms with Crippen LogP contribution in [-0.4, -0.2) is 23.0 Å². The molecular formula is C13H23NO3. The van der Waals surface area contributed by atoms with Gasteiger partial charge in [0.1, 0.15) is 6.04 Å². The fourth-order valence-corrected chi connectivity index (χ4v) is 2.60. The Morgan fingerprint density at radius 2 is 1.82 bits per heavy atom. The quantitative estimate of drug-likeness (QED) is 0.775. The number of hydrogen-bond donors (Lipinski definition) is 2. The highest BCUT2D eigenvalue weighted by Gasteiger charge is 2.41. The van der Waals surface area contributed by atoms with Crippen LogP contribution in [0.2, 0.25) is 0 Å². The van der Waals surface area contributed by atoms with Crippen LogP contribution in [0.15, 0.2) is 0 Å². The molecular weight excluding hydrogens is 218 g/mol. The van der Waals surface area contributed by atoms with Gasteiger partial charge >= 0.3 is 5.97 Å². The molecule has 98 valence electrons. The molecule has 1 amide bonds. The summed E-state index contributed by atoms with van der Waals surface area (Å²) in [4.78, 5) is 23.3. The number of aliphatic carboxylic acids is 1. The van der Waals surface area contributed by atoms with Crippen molar-refractivity contribution in [3.8, 4) is 0 Å².